The van der Waals surface area contributed by atoms with E-state index in [-0.39, 0.29) is 5.91 Å². The van der Waals surface area contributed by atoms with Gasteiger partial charge >= 0.3 is 0 Å². The van der Waals surface area contributed by atoms with Gasteiger partial charge in [0.15, 0.2) is 0 Å². The van der Waals surface area contributed by atoms with Crippen LogP contribution in [0, 0.1) is 0 Å². The molecule has 3 heteroatoms. The van der Waals surface area contributed by atoms with Crippen LogP contribution in [0.15, 0.2) is 18.2 Å². The van der Waals surface area contributed by atoms with E-state index in [9.17, 15) is 4.79 Å². The molecule has 0 atom stereocenters. The van der Waals surface area contributed by atoms with E-state index in [0.717, 1.165) is 25.0 Å². The first-order valence-electron chi connectivity index (χ1n) is 5.76. The largest absolute Gasteiger partial charge is 0.490 e. The molecule has 0 heterocycles. The number of ether oxygens (including phenoxy) is 1. The van der Waals surface area contributed by atoms with Crippen molar-refractivity contribution < 1.29 is 9.53 Å². The molecule has 0 bridgehead atoms. The van der Waals surface area contributed by atoms with Crippen LogP contribution in [0.4, 0.5) is 0 Å². The van der Waals surface area contributed by atoms with E-state index in [0.29, 0.717) is 11.7 Å². The van der Waals surface area contributed by atoms with Crippen molar-refractivity contribution in [3.8, 4) is 5.75 Å². The number of nitrogens with one attached hydrogen (secondary N) is 1. The maximum absolute atomic E-state index is 11.6. The average Bonchev–Trinajstić information content (AvgIpc) is 3.12. The number of rotatable bonds is 4. The van der Waals surface area contributed by atoms with Gasteiger partial charge in [0.05, 0.1) is 11.7 Å². The summed E-state index contributed by atoms with van der Waals surface area (Å²) < 4.78 is 5.76. The molecule has 0 unspecified atom stereocenters. The highest BCUT2D eigenvalue weighted by Gasteiger charge is 2.25. The molecule has 1 N–H and O–H groups in total. The number of hydrogen-bond donors (Lipinski definition) is 1. The van der Waals surface area contributed by atoms with Crippen LogP contribution in [-0.4, -0.2) is 19.1 Å². The Labute approximate surface area is 95.8 Å². The number of amides is 1. The molecule has 0 radical (unpaired) electrons. The van der Waals surface area contributed by atoms with E-state index >= 15 is 0 Å². The topological polar surface area (TPSA) is 38.3 Å². The van der Waals surface area contributed by atoms with Gasteiger partial charge in [-0.25, -0.2) is 0 Å². The first-order valence-corrected chi connectivity index (χ1v) is 5.76. The summed E-state index contributed by atoms with van der Waals surface area (Å²) in [6.07, 6.45) is 3.47. The molecule has 0 aliphatic heterocycles. The first kappa shape index (κ1) is 11.0. The van der Waals surface area contributed by atoms with Gasteiger partial charge in [0.25, 0.3) is 5.91 Å². The summed E-state index contributed by atoms with van der Waals surface area (Å²) >= 11 is 0. The Hall–Kier alpha value is -1.51. The summed E-state index contributed by atoms with van der Waals surface area (Å²) in [4.78, 5) is 11.6. The standard InChI is InChI=1S/C13H17NO2/c1-3-9-4-7-11(13(15)14-2)12(8-9)16-10-5-6-10/h4,7-8,10H,3,5-6H2,1-2H3,(H,14,15). The monoisotopic (exact) mass is 219 g/mol. The summed E-state index contributed by atoms with van der Waals surface area (Å²) in [7, 11) is 1.64. The number of carbonyl (C=O) groups is 1. The highest BCUT2D eigenvalue weighted by molar-refractivity contribution is 5.96. The summed E-state index contributed by atoms with van der Waals surface area (Å²) in [5.74, 6) is 0.638. The van der Waals surface area contributed by atoms with Crippen LogP contribution in [0.25, 0.3) is 0 Å². The predicted molar refractivity (Wildman–Crippen MR) is 62.9 cm³/mol. The van der Waals surface area contributed by atoms with Gasteiger partial charge in [0.2, 0.25) is 0 Å². The molecular weight excluding hydrogens is 202 g/mol. The molecule has 1 aromatic carbocycles. The maximum Gasteiger partial charge on any atom is 0.254 e. The Balaban J connectivity index is 2.29. The molecular formula is C13H17NO2. The van der Waals surface area contributed by atoms with Crippen LogP contribution < -0.4 is 10.1 Å². The van der Waals surface area contributed by atoms with Crippen molar-refractivity contribution in [2.24, 2.45) is 0 Å². The number of carbonyl (C=O) groups excluding carboxylic acids is 1. The lowest BCUT2D eigenvalue weighted by Crippen LogP contribution is -2.19. The Bertz CT molecular complexity index is 397. The molecule has 1 aliphatic carbocycles. The zero-order chi connectivity index (χ0) is 11.5. The summed E-state index contributed by atoms with van der Waals surface area (Å²) in [6.45, 7) is 2.09. The number of hydrogen-bond acceptors (Lipinski definition) is 2. The van der Waals surface area contributed by atoms with Crippen LogP contribution >= 0.6 is 0 Å². The van der Waals surface area contributed by atoms with Gasteiger partial charge in [0.1, 0.15) is 5.75 Å². The van der Waals surface area contributed by atoms with E-state index in [4.69, 9.17) is 4.74 Å². The Morgan fingerprint density at radius 2 is 2.25 bits per heavy atom. The van der Waals surface area contributed by atoms with Crippen molar-refractivity contribution in [3.63, 3.8) is 0 Å². The molecule has 3 nitrogen and oxygen atoms in total. The second-order valence-electron chi connectivity index (χ2n) is 4.08. The summed E-state index contributed by atoms with van der Waals surface area (Å²) in [6, 6.07) is 5.79. The van der Waals surface area contributed by atoms with Gasteiger partial charge in [-0.15, -0.1) is 0 Å². The van der Waals surface area contributed by atoms with Crippen molar-refractivity contribution >= 4 is 5.91 Å². The van der Waals surface area contributed by atoms with Crippen LogP contribution in [0.5, 0.6) is 5.75 Å². The van der Waals surface area contributed by atoms with Gasteiger partial charge in [-0.05, 0) is 37.0 Å². The average molecular weight is 219 g/mol. The Morgan fingerprint density at radius 3 is 2.81 bits per heavy atom. The molecule has 0 saturated heterocycles. The third kappa shape index (κ3) is 2.35. The predicted octanol–water partition coefficient (Wildman–Crippen LogP) is 2.15. The van der Waals surface area contributed by atoms with Gasteiger partial charge < -0.3 is 10.1 Å². The first-order chi connectivity index (χ1) is 7.74. The second kappa shape index (κ2) is 4.56. The molecule has 16 heavy (non-hydrogen) atoms. The zero-order valence-corrected chi connectivity index (χ0v) is 9.75. The third-order valence-corrected chi connectivity index (χ3v) is 2.74. The molecule has 1 aliphatic rings. The van der Waals surface area contributed by atoms with Crippen molar-refractivity contribution in [1.82, 2.24) is 5.32 Å². The van der Waals surface area contributed by atoms with E-state index in [1.165, 1.54) is 5.56 Å². The third-order valence-electron chi connectivity index (χ3n) is 2.74. The van der Waals surface area contributed by atoms with E-state index in [1.807, 2.05) is 18.2 Å². The highest BCUT2D eigenvalue weighted by Crippen LogP contribution is 2.30. The smallest absolute Gasteiger partial charge is 0.254 e. The fourth-order valence-corrected chi connectivity index (χ4v) is 1.57. The zero-order valence-electron chi connectivity index (χ0n) is 9.75. The van der Waals surface area contributed by atoms with E-state index < -0.39 is 0 Å². The minimum atomic E-state index is -0.0849. The molecule has 2 rings (SSSR count). The molecule has 1 aromatic rings. The molecule has 86 valence electrons. The minimum absolute atomic E-state index is 0.0849. The molecule has 1 saturated carbocycles. The molecule has 0 aromatic heterocycles. The maximum atomic E-state index is 11.6. The van der Waals surface area contributed by atoms with Crippen molar-refractivity contribution in [2.45, 2.75) is 32.3 Å². The SMILES string of the molecule is CCc1ccc(C(=O)NC)c(OC2CC2)c1. The summed E-state index contributed by atoms with van der Waals surface area (Å²) in [5, 5.41) is 2.63. The van der Waals surface area contributed by atoms with Crippen LogP contribution in [-0.2, 0) is 6.42 Å². The van der Waals surface area contributed by atoms with Gasteiger partial charge in [0, 0.05) is 7.05 Å². The van der Waals surface area contributed by atoms with Gasteiger partial charge in [-0.3, -0.25) is 4.79 Å². The molecule has 1 amide bonds. The Morgan fingerprint density at radius 1 is 1.50 bits per heavy atom. The fourth-order valence-electron chi connectivity index (χ4n) is 1.57. The lowest BCUT2D eigenvalue weighted by molar-refractivity contribution is 0.0958. The quantitative estimate of drug-likeness (QED) is 0.842. The van der Waals surface area contributed by atoms with Crippen molar-refractivity contribution in [2.75, 3.05) is 7.05 Å². The van der Waals surface area contributed by atoms with Gasteiger partial charge in [-0.2, -0.15) is 0 Å². The van der Waals surface area contributed by atoms with E-state index in [1.54, 1.807) is 7.05 Å². The Kier molecular flexibility index (Phi) is 3.13. The molecule has 0 spiro atoms. The van der Waals surface area contributed by atoms with Gasteiger partial charge in [-0.1, -0.05) is 13.0 Å². The van der Waals surface area contributed by atoms with E-state index in [2.05, 4.69) is 12.2 Å². The normalized spacial score (nSPS) is 14.6. The second-order valence-corrected chi connectivity index (χ2v) is 4.08. The van der Waals surface area contributed by atoms with Crippen LogP contribution in [0.1, 0.15) is 35.7 Å². The van der Waals surface area contributed by atoms with Crippen molar-refractivity contribution in [3.05, 3.63) is 29.3 Å². The van der Waals surface area contributed by atoms with Crippen LogP contribution in [0.2, 0.25) is 0 Å². The summed E-state index contributed by atoms with van der Waals surface area (Å²) in [5.41, 5.74) is 1.83. The molecule has 1 fully saturated rings. The lowest BCUT2D eigenvalue weighted by Gasteiger charge is -2.11. The minimum Gasteiger partial charge on any atom is -0.490 e. The van der Waals surface area contributed by atoms with Crippen molar-refractivity contribution in [1.29, 1.82) is 0 Å². The fraction of sp³-hybridized carbons (Fsp3) is 0.462. The van der Waals surface area contributed by atoms with Crippen LogP contribution in [0.3, 0.4) is 0 Å². The lowest BCUT2D eigenvalue weighted by atomic mass is 10.1. The number of benzene rings is 1. The number of aryl methyl sites for hydroxylation is 1. The highest BCUT2D eigenvalue weighted by atomic mass is 16.5.